The standard InChI is InChI=1S/C47H60N8O13S/c1-6-27(3)41(53-38(56)22-30-17-19-32(20-18-30)68-69(65,66)67)45(62)50-26-39(57)51-35(23-31-25-49-34-16-12-11-15-33(31)34)44(61)54-42(28(4)7-2)46(63)52-36(24-40(58)59)47(64)55(5)37(43(48)60)21-29-13-9-8-10-14-29/h8-20,25,27-28,35-37,41-42,49H,6-7,21-24,26H2,1-5H3,(H2,48,60)(H,50,62)(H,51,57)(H,52,63)(H,53,56)(H,54,61)(H,58,59)(H,65,66,67). The fourth-order valence-corrected chi connectivity index (χ4v) is 7.76. The van der Waals surface area contributed by atoms with Gasteiger partial charge in [0.1, 0.15) is 36.0 Å². The number of para-hydroxylation sites is 1. The van der Waals surface area contributed by atoms with Gasteiger partial charge in [0.2, 0.25) is 41.4 Å². The number of nitrogens with one attached hydrogen (secondary N) is 6. The van der Waals surface area contributed by atoms with Crippen LogP contribution >= 0.6 is 0 Å². The summed E-state index contributed by atoms with van der Waals surface area (Å²) in [6.07, 6.45) is 1.27. The molecule has 10 N–H and O–H groups in total. The van der Waals surface area contributed by atoms with Crippen LogP contribution < -0.4 is 36.5 Å². The van der Waals surface area contributed by atoms with E-state index in [1.807, 2.05) is 18.2 Å². The number of amides is 7. The molecule has 69 heavy (non-hydrogen) atoms. The van der Waals surface area contributed by atoms with Gasteiger partial charge in [-0.05, 0) is 46.7 Å². The fourth-order valence-electron chi connectivity index (χ4n) is 7.41. The maximum absolute atomic E-state index is 14.3. The Bertz CT molecular complexity index is 2570. The van der Waals surface area contributed by atoms with Crippen LogP contribution in [0.3, 0.4) is 0 Å². The largest absolute Gasteiger partial charge is 0.481 e. The predicted octanol–water partition coefficient (Wildman–Crippen LogP) is 1.31. The Morgan fingerprint density at radius 1 is 0.725 bits per heavy atom. The van der Waals surface area contributed by atoms with Gasteiger partial charge in [0.15, 0.2) is 0 Å². The number of aromatic nitrogens is 1. The highest BCUT2D eigenvalue weighted by atomic mass is 32.3. The van der Waals surface area contributed by atoms with Gasteiger partial charge >= 0.3 is 16.4 Å². The molecule has 0 spiro atoms. The zero-order chi connectivity index (χ0) is 51.0. The maximum Gasteiger partial charge on any atom is 0.446 e. The smallest absolute Gasteiger partial charge is 0.446 e. The van der Waals surface area contributed by atoms with Crippen molar-refractivity contribution in [3.05, 3.63) is 102 Å². The molecule has 0 fully saturated rings. The first kappa shape index (κ1) is 54.3. The average Bonchev–Trinajstić information content (AvgIpc) is 3.72. The molecule has 0 aliphatic rings. The summed E-state index contributed by atoms with van der Waals surface area (Å²) >= 11 is 0. The second-order valence-corrected chi connectivity index (χ2v) is 17.8. The monoisotopic (exact) mass is 976 g/mol. The van der Waals surface area contributed by atoms with Crippen molar-refractivity contribution in [2.24, 2.45) is 17.6 Å². The number of primary amides is 1. The Kier molecular flexibility index (Phi) is 19.8. The Morgan fingerprint density at radius 3 is 1.93 bits per heavy atom. The van der Waals surface area contributed by atoms with Crippen molar-refractivity contribution in [3.63, 3.8) is 0 Å². The molecule has 1 aromatic heterocycles. The molecule has 3 aromatic carbocycles. The molecule has 4 aromatic rings. The van der Waals surface area contributed by atoms with E-state index in [4.69, 9.17) is 10.3 Å². The van der Waals surface area contributed by atoms with E-state index in [1.165, 1.54) is 31.3 Å². The van der Waals surface area contributed by atoms with E-state index in [1.54, 1.807) is 70.3 Å². The molecule has 0 saturated heterocycles. The number of aromatic amines is 1. The summed E-state index contributed by atoms with van der Waals surface area (Å²) in [5, 5.41) is 23.5. The van der Waals surface area contributed by atoms with Crippen LogP contribution in [-0.4, -0.2) is 119 Å². The number of carboxylic acids is 1. The number of H-pyrrole nitrogens is 1. The van der Waals surface area contributed by atoms with Crippen LogP contribution in [0.4, 0.5) is 0 Å². The number of likely N-dealkylation sites (N-methyl/N-ethyl adjacent to an activating group) is 1. The summed E-state index contributed by atoms with van der Waals surface area (Å²) < 4.78 is 35.3. The number of rotatable bonds is 26. The van der Waals surface area contributed by atoms with Gasteiger partial charge in [-0.15, -0.1) is 0 Å². The predicted molar refractivity (Wildman–Crippen MR) is 252 cm³/mol. The summed E-state index contributed by atoms with van der Waals surface area (Å²) in [6.45, 7) is 6.29. The molecular formula is C47H60N8O13S. The minimum atomic E-state index is -4.75. The molecule has 372 valence electrons. The summed E-state index contributed by atoms with van der Waals surface area (Å²) in [6, 6.07) is 14.5. The molecule has 0 radical (unpaired) electrons. The van der Waals surface area contributed by atoms with Gasteiger partial charge in [0, 0.05) is 37.0 Å². The second-order valence-electron chi connectivity index (χ2n) is 16.8. The number of aliphatic carboxylic acids is 1. The van der Waals surface area contributed by atoms with Crippen LogP contribution in [0.1, 0.15) is 63.6 Å². The lowest BCUT2D eigenvalue weighted by molar-refractivity contribution is -0.146. The van der Waals surface area contributed by atoms with Crippen molar-refractivity contribution in [2.45, 2.75) is 96.4 Å². The van der Waals surface area contributed by atoms with Crippen molar-refractivity contribution in [2.75, 3.05) is 13.6 Å². The minimum Gasteiger partial charge on any atom is -0.481 e. The fraction of sp³-hybridized carbons (Fsp3) is 0.404. The first-order valence-corrected chi connectivity index (χ1v) is 23.6. The molecule has 0 bridgehead atoms. The van der Waals surface area contributed by atoms with E-state index in [9.17, 15) is 51.9 Å². The highest BCUT2D eigenvalue weighted by Crippen LogP contribution is 2.21. The molecule has 1 heterocycles. The molecule has 7 unspecified atom stereocenters. The number of benzene rings is 3. The lowest BCUT2D eigenvalue weighted by Crippen LogP contribution is -2.60. The third-order valence-corrected chi connectivity index (χ3v) is 12.1. The Hall–Kier alpha value is -7.33. The molecular weight excluding hydrogens is 917 g/mol. The van der Waals surface area contributed by atoms with Crippen LogP contribution in [0.2, 0.25) is 0 Å². The van der Waals surface area contributed by atoms with Gasteiger partial charge in [0.25, 0.3) is 0 Å². The van der Waals surface area contributed by atoms with E-state index in [-0.39, 0.29) is 25.0 Å². The number of nitrogens with two attached hydrogens (primary N) is 1. The van der Waals surface area contributed by atoms with Crippen LogP contribution in [-0.2, 0) is 68.0 Å². The van der Waals surface area contributed by atoms with E-state index >= 15 is 0 Å². The van der Waals surface area contributed by atoms with E-state index in [2.05, 4.69) is 35.8 Å². The number of hydrogen-bond donors (Lipinski definition) is 9. The van der Waals surface area contributed by atoms with Crippen molar-refractivity contribution >= 4 is 68.6 Å². The topological polar surface area (TPSA) is 326 Å². The van der Waals surface area contributed by atoms with Crippen molar-refractivity contribution in [3.8, 4) is 5.75 Å². The van der Waals surface area contributed by atoms with Gasteiger partial charge in [-0.1, -0.05) is 101 Å². The number of fused-ring (bicyclic) bond motifs is 1. The Labute approximate surface area is 399 Å². The minimum absolute atomic E-state index is 0.0134. The summed E-state index contributed by atoms with van der Waals surface area (Å²) in [5.41, 5.74) is 8.14. The molecule has 7 atom stereocenters. The molecule has 0 aliphatic carbocycles. The second kappa shape index (κ2) is 25.2. The molecule has 22 heteroatoms. The van der Waals surface area contributed by atoms with Crippen LogP contribution in [0.5, 0.6) is 5.75 Å². The summed E-state index contributed by atoms with van der Waals surface area (Å²) in [5.74, 6) is -8.20. The van der Waals surface area contributed by atoms with Crippen LogP contribution in [0, 0.1) is 11.8 Å². The summed E-state index contributed by atoms with van der Waals surface area (Å²) in [7, 11) is -3.48. The molecule has 21 nitrogen and oxygen atoms in total. The van der Waals surface area contributed by atoms with Gasteiger partial charge in [0.05, 0.1) is 19.4 Å². The van der Waals surface area contributed by atoms with Crippen molar-refractivity contribution < 1.29 is 60.6 Å². The van der Waals surface area contributed by atoms with Crippen molar-refractivity contribution in [1.82, 2.24) is 36.5 Å². The van der Waals surface area contributed by atoms with E-state index in [0.29, 0.717) is 29.5 Å². The lowest BCUT2D eigenvalue weighted by atomic mass is 9.96. The van der Waals surface area contributed by atoms with Gasteiger partial charge in [-0.3, -0.25) is 42.9 Å². The Morgan fingerprint density at radius 2 is 1.33 bits per heavy atom. The summed E-state index contributed by atoms with van der Waals surface area (Å²) in [4.78, 5) is 111. The highest BCUT2D eigenvalue weighted by Gasteiger charge is 2.37. The number of carbonyl (C=O) groups is 8. The third kappa shape index (κ3) is 16.5. The third-order valence-electron chi connectivity index (χ3n) is 11.7. The number of carboxylic acid groups (broad SMARTS) is 1. The van der Waals surface area contributed by atoms with Gasteiger partial charge in [-0.2, -0.15) is 8.42 Å². The highest BCUT2D eigenvalue weighted by molar-refractivity contribution is 7.81. The quantitative estimate of drug-likeness (QED) is 0.0402. The first-order valence-electron chi connectivity index (χ1n) is 22.2. The maximum atomic E-state index is 14.3. The average molecular weight is 977 g/mol. The van der Waals surface area contributed by atoms with Crippen molar-refractivity contribution in [1.29, 1.82) is 0 Å². The van der Waals surface area contributed by atoms with E-state index < -0.39 is 113 Å². The van der Waals surface area contributed by atoms with E-state index in [0.717, 1.165) is 15.8 Å². The van der Waals surface area contributed by atoms with Crippen LogP contribution in [0.25, 0.3) is 10.9 Å². The molecule has 0 aliphatic heterocycles. The van der Waals surface area contributed by atoms with Gasteiger partial charge in [-0.25, -0.2) is 0 Å². The number of carbonyl (C=O) groups excluding carboxylic acids is 7. The van der Waals surface area contributed by atoms with Gasteiger partial charge < -0.3 is 51.5 Å². The molecule has 4 rings (SSSR count). The normalized spacial score (nSPS) is 14.3. The zero-order valence-corrected chi connectivity index (χ0v) is 39.7. The SMILES string of the molecule is CCC(C)C(NC(=O)Cc1ccc(OS(=O)(=O)O)cc1)C(=O)NCC(=O)NC(Cc1c[nH]c2ccccc12)C(=O)NC(C(=O)NC(CC(=O)O)C(=O)N(C)C(Cc1ccccc1)C(N)=O)C(C)CC. The zero-order valence-electron chi connectivity index (χ0n) is 38.9. The lowest BCUT2D eigenvalue weighted by Gasteiger charge is -2.31. The molecule has 7 amide bonds. The number of nitrogens with zero attached hydrogens (tertiary/aromatic N) is 1. The number of hydrogen-bond acceptors (Lipinski definition) is 11. The molecule has 0 saturated carbocycles. The first-order chi connectivity index (χ1) is 32.6. The Balaban J connectivity index is 1.51. The van der Waals surface area contributed by atoms with Crippen LogP contribution in [0.15, 0.2) is 85.1 Å².